The molecule has 0 radical (unpaired) electrons. The minimum Gasteiger partial charge on any atom is -0.493 e. The molecular weight excluding hydrogens is 306 g/mol. The number of hydrogen-bond acceptors (Lipinski definition) is 4. The van der Waals surface area contributed by atoms with Crippen molar-refractivity contribution in [1.82, 2.24) is 10.6 Å². The highest BCUT2D eigenvalue weighted by Crippen LogP contribution is 2.39. The molecule has 0 spiro atoms. The molecule has 0 saturated carbocycles. The number of benzene rings is 1. The Morgan fingerprint density at radius 3 is 2.21 bits per heavy atom. The van der Waals surface area contributed by atoms with E-state index >= 15 is 0 Å². The van der Waals surface area contributed by atoms with Crippen molar-refractivity contribution in [3.05, 3.63) is 17.7 Å². The van der Waals surface area contributed by atoms with E-state index < -0.39 is 0 Å². The second kappa shape index (κ2) is 9.25. The van der Waals surface area contributed by atoms with E-state index in [1.54, 1.807) is 21.3 Å². The second-order valence-corrected chi connectivity index (χ2v) is 6.38. The first-order chi connectivity index (χ1) is 11.4. The van der Waals surface area contributed by atoms with Gasteiger partial charge in [0, 0.05) is 24.2 Å². The van der Waals surface area contributed by atoms with Gasteiger partial charge in [0.2, 0.25) is 5.75 Å². The van der Waals surface area contributed by atoms with E-state index in [9.17, 15) is 0 Å². The summed E-state index contributed by atoms with van der Waals surface area (Å²) in [6.07, 6.45) is 0.740. The molecule has 0 heterocycles. The summed E-state index contributed by atoms with van der Waals surface area (Å²) in [6, 6.07) is 3.87. The standard InChI is InChI=1S/C18H31N3O3/c1-8-19-17(21-18(2,3)4)20-12-11-13-9-10-14(22-5)16(24-7)15(13)23-6/h9-10H,8,11-12H2,1-7H3,(H2,19,20,21). The number of nitrogens with zero attached hydrogens (tertiary/aromatic N) is 1. The van der Waals surface area contributed by atoms with Crippen molar-refractivity contribution in [3.8, 4) is 17.2 Å². The van der Waals surface area contributed by atoms with E-state index in [0.29, 0.717) is 23.8 Å². The van der Waals surface area contributed by atoms with Crippen molar-refractivity contribution in [2.75, 3.05) is 34.4 Å². The molecule has 0 aliphatic heterocycles. The Balaban J connectivity index is 2.91. The van der Waals surface area contributed by atoms with Gasteiger partial charge in [0.05, 0.1) is 21.3 Å². The van der Waals surface area contributed by atoms with Crippen molar-refractivity contribution >= 4 is 5.96 Å². The maximum atomic E-state index is 5.51. The molecule has 0 amide bonds. The molecule has 0 saturated heterocycles. The first kappa shape index (κ1) is 19.9. The minimum absolute atomic E-state index is 0.0397. The van der Waals surface area contributed by atoms with Gasteiger partial charge in [-0.15, -0.1) is 0 Å². The average Bonchev–Trinajstić information content (AvgIpc) is 2.52. The van der Waals surface area contributed by atoms with Crippen LogP contribution in [-0.2, 0) is 6.42 Å². The second-order valence-electron chi connectivity index (χ2n) is 6.38. The molecule has 0 aromatic heterocycles. The molecule has 24 heavy (non-hydrogen) atoms. The van der Waals surface area contributed by atoms with Gasteiger partial charge in [-0.1, -0.05) is 6.07 Å². The summed E-state index contributed by atoms with van der Waals surface area (Å²) in [5.41, 5.74) is 0.993. The predicted molar refractivity (Wildman–Crippen MR) is 98.7 cm³/mol. The molecule has 0 fully saturated rings. The van der Waals surface area contributed by atoms with Crippen molar-refractivity contribution in [2.24, 2.45) is 4.99 Å². The lowest BCUT2D eigenvalue weighted by atomic mass is 10.1. The molecule has 136 valence electrons. The Morgan fingerprint density at radius 1 is 1.04 bits per heavy atom. The molecule has 6 heteroatoms. The fourth-order valence-corrected chi connectivity index (χ4v) is 2.31. The Hall–Kier alpha value is -2.11. The number of nitrogens with one attached hydrogen (secondary N) is 2. The minimum atomic E-state index is -0.0397. The summed E-state index contributed by atoms with van der Waals surface area (Å²) in [6.45, 7) is 9.84. The highest BCUT2D eigenvalue weighted by atomic mass is 16.5. The molecular formula is C18H31N3O3. The van der Waals surface area contributed by atoms with Crippen molar-refractivity contribution in [2.45, 2.75) is 39.7 Å². The maximum absolute atomic E-state index is 5.51. The van der Waals surface area contributed by atoms with Gasteiger partial charge in [0.1, 0.15) is 0 Å². The van der Waals surface area contributed by atoms with E-state index in [-0.39, 0.29) is 5.54 Å². The van der Waals surface area contributed by atoms with Crippen LogP contribution in [0.4, 0.5) is 0 Å². The predicted octanol–water partition coefficient (Wildman–Crippen LogP) is 2.61. The largest absolute Gasteiger partial charge is 0.493 e. The van der Waals surface area contributed by atoms with Gasteiger partial charge in [0.15, 0.2) is 17.5 Å². The van der Waals surface area contributed by atoms with E-state index in [1.807, 2.05) is 12.1 Å². The molecule has 1 rings (SSSR count). The summed E-state index contributed by atoms with van der Waals surface area (Å²) in [4.78, 5) is 4.63. The molecule has 6 nitrogen and oxygen atoms in total. The molecule has 1 aromatic rings. The van der Waals surface area contributed by atoms with Crippen LogP contribution < -0.4 is 24.8 Å². The number of guanidine groups is 1. The van der Waals surface area contributed by atoms with E-state index in [4.69, 9.17) is 14.2 Å². The molecule has 1 aromatic carbocycles. The van der Waals surface area contributed by atoms with Crippen LogP contribution in [0.1, 0.15) is 33.3 Å². The Kier molecular flexibility index (Phi) is 7.68. The van der Waals surface area contributed by atoms with Crippen LogP contribution in [0, 0.1) is 0 Å². The van der Waals surface area contributed by atoms with Gasteiger partial charge < -0.3 is 24.8 Å². The fraction of sp³-hybridized carbons (Fsp3) is 0.611. The third kappa shape index (κ3) is 5.83. The molecule has 0 atom stereocenters. The Bertz CT molecular complexity index is 551. The molecule has 0 aliphatic carbocycles. The van der Waals surface area contributed by atoms with Crippen LogP contribution in [0.3, 0.4) is 0 Å². The molecule has 2 N–H and O–H groups in total. The zero-order valence-electron chi connectivity index (χ0n) is 15.9. The van der Waals surface area contributed by atoms with Crippen molar-refractivity contribution < 1.29 is 14.2 Å². The van der Waals surface area contributed by atoms with Gasteiger partial charge in [-0.25, -0.2) is 0 Å². The summed E-state index contributed by atoms with van der Waals surface area (Å²) in [5.74, 6) is 2.77. The number of hydrogen-bond donors (Lipinski definition) is 2. The van der Waals surface area contributed by atoms with Crippen LogP contribution in [-0.4, -0.2) is 45.9 Å². The Labute approximate surface area is 145 Å². The zero-order chi connectivity index (χ0) is 18.2. The number of rotatable bonds is 7. The summed E-state index contributed by atoms with van der Waals surface area (Å²) >= 11 is 0. The van der Waals surface area contributed by atoms with Gasteiger partial charge in [-0.05, 0) is 40.2 Å². The number of ether oxygens (including phenoxy) is 3. The average molecular weight is 337 g/mol. The molecule has 0 aliphatic rings. The van der Waals surface area contributed by atoms with Gasteiger partial charge in [-0.3, -0.25) is 4.99 Å². The maximum Gasteiger partial charge on any atom is 0.203 e. The van der Waals surface area contributed by atoms with Crippen molar-refractivity contribution in [1.29, 1.82) is 0 Å². The fourth-order valence-electron chi connectivity index (χ4n) is 2.31. The molecule has 0 bridgehead atoms. The summed E-state index contributed by atoms with van der Waals surface area (Å²) in [7, 11) is 4.86. The summed E-state index contributed by atoms with van der Waals surface area (Å²) < 4.78 is 16.2. The van der Waals surface area contributed by atoms with E-state index in [1.165, 1.54) is 0 Å². The summed E-state index contributed by atoms with van der Waals surface area (Å²) in [5, 5.41) is 6.63. The van der Waals surface area contributed by atoms with E-state index in [0.717, 1.165) is 24.5 Å². The van der Waals surface area contributed by atoms with Crippen molar-refractivity contribution in [3.63, 3.8) is 0 Å². The van der Waals surface area contributed by atoms with Crippen LogP contribution in [0.2, 0.25) is 0 Å². The van der Waals surface area contributed by atoms with E-state index in [2.05, 4.69) is 43.3 Å². The lowest BCUT2D eigenvalue weighted by Crippen LogP contribution is -2.47. The van der Waals surface area contributed by atoms with Gasteiger partial charge in [-0.2, -0.15) is 0 Å². The smallest absolute Gasteiger partial charge is 0.203 e. The number of methoxy groups -OCH3 is 3. The SMILES string of the molecule is CCNC(=NCCc1ccc(OC)c(OC)c1OC)NC(C)(C)C. The van der Waals surface area contributed by atoms with Crippen LogP contribution in [0.15, 0.2) is 17.1 Å². The zero-order valence-corrected chi connectivity index (χ0v) is 15.9. The topological polar surface area (TPSA) is 64.1 Å². The van der Waals surface area contributed by atoms with Crippen LogP contribution in [0.5, 0.6) is 17.2 Å². The highest BCUT2D eigenvalue weighted by Gasteiger charge is 2.16. The first-order valence-electron chi connectivity index (χ1n) is 8.20. The van der Waals surface area contributed by atoms with Gasteiger partial charge in [0.25, 0.3) is 0 Å². The monoisotopic (exact) mass is 337 g/mol. The number of aliphatic imine (C=N–C) groups is 1. The lowest BCUT2D eigenvalue weighted by Gasteiger charge is -2.23. The normalized spacial score (nSPS) is 11.9. The third-order valence-corrected chi connectivity index (χ3v) is 3.27. The lowest BCUT2D eigenvalue weighted by molar-refractivity contribution is 0.322. The first-order valence-corrected chi connectivity index (χ1v) is 8.20. The van der Waals surface area contributed by atoms with Crippen LogP contribution in [0.25, 0.3) is 0 Å². The highest BCUT2D eigenvalue weighted by molar-refractivity contribution is 5.80. The third-order valence-electron chi connectivity index (χ3n) is 3.27. The Morgan fingerprint density at radius 2 is 1.71 bits per heavy atom. The van der Waals surface area contributed by atoms with Gasteiger partial charge >= 0.3 is 0 Å². The molecule has 0 unspecified atom stereocenters. The quantitative estimate of drug-likeness (QED) is 0.591. The van der Waals surface area contributed by atoms with Crippen LogP contribution >= 0.6 is 0 Å².